The molecule has 6 unspecified atom stereocenters. The van der Waals surface area contributed by atoms with Crippen LogP contribution in [0.3, 0.4) is 0 Å². The molecule has 2 saturated carbocycles. The SMILES string of the molecule is C.C.CNc1cc(F)cc2c1[nH]c1nc(Oc3cnc(C)nc3)nc(N3CC4CC(O)C4C3)c12.Cc1ncc(Oc2nc(N3CC4CC(O)C4C3)c3c(n2)[nH]c2c(N(C)C=O)cc(F)cc23)cn1. The van der Waals surface area contributed by atoms with E-state index in [1.165, 1.54) is 29.2 Å². The van der Waals surface area contributed by atoms with Crippen LogP contribution >= 0.6 is 0 Å². The second-order valence-corrected chi connectivity index (χ2v) is 17.4. The average Bonchev–Trinajstić information content (AvgIpc) is 4.06. The fourth-order valence-corrected chi connectivity index (χ4v) is 9.88. The van der Waals surface area contributed by atoms with Crippen molar-refractivity contribution < 1.29 is 33.3 Å². The second-order valence-electron chi connectivity index (χ2n) is 17.4. The molecule has 8 heterocycles. The van der Waals surface area contributed by atoms with Crippen LogP contribution in [0.2, 0.25) is 0 Å². The summed E-state index contributed by atoms with van der Waals surface area (Å²) in [4.78, 5) is 58.6. The fraction of sp³-hybridized carbons (Fsp3) is 0.383. The summed E-state index contributed by atoms with van der Waals surface area (Å²) in [5.41, 5.74) is 3.34. The number of nitrogens with one attached hydrogen (secondary N) is 3. The van der Waals surface area contributed by atoms with E-state index in [-0.39, 0.29) is 56.7 Å². The van der Waals surface area contributed by atoms with Gasteiger partial charge in [0, 0.05) is 62.9 Å². The number of fused-ring (bicyclic) bond motifs is 8. The van der Waals surface area contributed by atoms with Crippen LogP contribution < -0.4 is 29.5 Å². The number of rotatable bonds is 9. The van der Waals surface area contributed by atoms with Crippen molar-refractivity contribution >= 4 is 73.3 Å². The molecule has 21 heteroatoms. The average molecular weight is 931 g/mol. The number of aromatic nitrogens is 10. The summed E-state index contributed by atoms with van der Waals surface area (Å²) in [6.07, 6.45) is 7.81. The molecule has 2 aliphatic heterocycles. The van der Waals surface area contributed by atoms with Crippen LogP contribution in [0.5, 0.6) is 23.5 Å². The van der Waals surface area contributed by atoms with E-state index >= 15 is 0 Å². The Bertz CT molecular complexity index is 3190. The Kier molecular flexibility index (Phi) is 11.9. The molecule has 68 heavy (non-hydrogen) atoms. The highest BCUT2D eigenvalue weighted by molar-refractivity contribution is 6.16. The van der Waals surface area contributed by atoms with Gasteiger partial charge in [-0.05, 0) is 62.8 Å². The number of nitrogens with zero attached hydrogens (tertiary/aromatic N) is 11. The first-order valence-corrected chi connectivity index (χ1v) is 21.6. The minimum atomic E-state index is -0.475. The molecule has 2 aliphatic carbocycles. The lowest BCUT2D eigenvalue weighted by atomic mass is 9.74. The Labute approximate surface area is 389 Å². The van der Waals surface area contributed by atoms with Gasteiger partial charge in [0.05, 0.1) is 70.2 Å². The Morgan fingerprint density at radius 1 is 0.706 bits per heavy atom. The molecule has 354 valence electrons. The van der Waals surface area contributed by atoms with Crippen molar-refractivity contribution in [1.82, 2.24) is 49.8 Å². The number of benzene rings is 2. The largest absolute Gasteiger partial charge is 0.421 e. The molecule has 0 spiro atoms. The van der Waals surface area contributed by atoms with Gasteiger partial charge in [-0.3, -0.25) is 4.79 Å². The van der Waals surface area contributed by atoms with Crippen molar-refractivity contribution in [2.45, 2.75) is 53.8 Å². The number of aryl methyl sites for hydroxylation is 2. The number of H-pyrrole nitrogens is 2. The highest BCUT2D eigenvalue weighted by Crippen LogP contribution is 2.47. The number of hydrogen-bond donors (Lipinski definition) is 5. The van der Waals surface area contributed by atoms with Gasteiger partial charge in [0.2, 0.25) is 6.41 Å². The van der Waals surface area contributed by atoms with E-state index in [0.29, 0.717) is 110 Å². The van der Waals surface area contributed by atoms with Gasteiger partial charge in [-0.2, -0.15) is 19.9 Å². The number of halogens is 2. The van der Waals surface area contributed by atoms with Crippen LogP contribution in [0.1, 0.15) is 39.3 Å². The molecule has 2 saturated heterocycles. The number of hydrogen-bond acceptors (Lipinski definition) is 16. The second kappa shape index (κ2) is 17.7. The van der Waals surface area contributed by atoms with Gasteiger partial charge in [0.25, 0.3) is 0 Å². The molecule has 6 atom stereocenters. The van der Waals surface area contributed by atoms with Gasteiger partial charge < -0.3 is 49.7 Å². The molecule has 1 amide bonds. The van der Waals surface area contributed by atoms with Crippen LogP contribution in [0, 0.1) is 49.2 Å². The highest BCUT2D eigenvalue weighted by atomic mass is 19.1. The summed E-state index contributed by atoms with van der Waals surface area (Å²) in [6, 6.07) is 5.89. The first-order chi connectivity index (χ1) is 31.9. The molecule has 0 radical (unpaired) electrons. The third-order valence-electron chi connectivity index (χ3n) is 13.3. The summed E-state index contributed by atoms with van der Waals surface area (Å²) in [7, 11) is 3.31. The minimum Gasteiger partial charge on any atom is -0.421 e. The summed E-state index contributed by atoms with van der Waals surface area (Å²) in [6.45, 7) is 6.40. The number of aliphatic hydroxyl groups excluding tert-OH is 2. The maximum Gasteiger partial charge on any atom is 0.326 e. The van der Waals surface area contributed by atoms with Crippen molar-refractivity contribution in [3.05, 3.63) is 72.3 Å². The first-order valence-electron chi connectivity index (χ1n) is 21.6. The fourth-order valence-electron chi connectivity index (χ4n) is 9.88. The Balaban J connectivity index is 0.000000165. The Morgan fingerprint density at radius 3 is 1.60 bits per heavy atom. The Hall–Kier alpha value is -7.39. The Morgan fingerprint density at radius 2 is 1.16 bits per heavy atom. The monoisotopic (exact) mass is 930 g/mol. The number of aliphatic hydroxyl groups is 2. The van der Waals surface area contributed by atoms with Crippen LogP contribution in [0.4, 0.5) is 31.8 Å². The van der Waals surface area contributed by atoms with Crippen molar-refractivity contribution in [3.63, 3.8) is 0 Å². The van der Waals surface area contributed by atoms with Gasteiger partial charge in [0.1, 0.15) is 46.2 Å². The number of amides is 1. The van der Waals surface area contributed by atoms with E-state index in [1.54, 1.807) is 52.7 Å². The molecule has 0 bridgehead atoms. The molecule has 4 aliphatic rings. The van der Waals surface area contributed by atoms with Gasteiger partial charge in [-0.15, -0.1) is 0 Å². The van der Waals surface area contributed by atoms with Gasteiger partial charge in [0.15, 0.2) is 11.5 Å². The number of aromatic amines is 2. The van der Waals surface area contributed by atoms with E-state index in [4.69, 9.17) is 19.4 Å². The zero-order valence-electron chi connectivity index (χ0n) is 36.2. The maximum atomic E-state index is 14.6. The number of anilines is 4. The molecule has 8 aromatic rings. The molecule has 12 rings (SSSR count). The summed E-state index contributed by atoms with van der Waals surface area (Å²) < 4.78 is 40.8. The van der Waals surface area contributed by atoms with Crippen LogP contribution in [0.15, 0.2) is 49.1 Å². The summed E-state index contributed by atoms with van der Waals surface area (Å²) >= 11 is 0. The van der Waals surface area contributed by atoms with Gasteiger partial charge >= 0.3 is 12.0 Å². The number of carbonyl (C=O) groups is 1. The zero-order valence-corrected chi connectivity index (χ0v) is 36.2. The molecule has 5 N–H and O–H groups in total. The van der Waals surface area contributed by atoms with Gasteiger partial charge in [-0.1, -0.05) is 14.9 Å². The normalized spacial score (nSPS) is 21.2. The third kappa shape index (κ3) is 7.93. The summed E-state index contributed by atoms with van der Waals surface area (Å²) in [5, 5.41) is 26.0. The smallest absolute Gasteiger partial charge is 0.326 e. The van der Waals surface area contributed by atoms with E-state index in [2.05, 4.69) is 55.0 Å². The molecule has 6 aromatic heterocycles. The van der Waals surface area contributed by atoms with E-state index in [0.717, 1.165) is 36.8 Å². The van der Waals surface area contributed by atoms with Crippen LogP contribution in [0.25, 0.3) is 43.9 Å². The quantitative estimate of drug-likeness (QED) is 0.0935. The molecular formula is C47H52F2N14O5. The lowest BCUT2D eigenvalue weighted by molar-refractivity contribution is -0.107. The van der Waals surface area contributed by atoms with E-state index in [1.807, 2.05) is 0 Å². The lowest BCUT2D eigenvalue weighted by Gasteiger charge is -2.34. The van der Waals surface area contributed by atoms with Crippen molar-refractivity contribution in [2.24, 2.45) is 23.7 Å². The summed E-state index contributed by atoms with van der Waals surface area (Å²) in [5.74, 6) is 3.71. The van der Waals surface area contributed by atoms with E-state index < -0.39 is 5.82 Å². The molecule has 19 nitrogen and oxygen atoms in total. The predicted molar refractivity (Wildman–Crippen MR) is 254 cm³/mol. The van der Waals surface area contributed by atoms with E-state index in [9.17, 15) is 23.8 Å². The molecule has 4 fully saturated rings. The van der Waals surface area contributed by atoms with Gasteiger partial charge in [-0.25, -0.2) is 28.7 Å². The third-order valence-corrected chi connectivity index (χ3v) is 13.3. The zero-order chi connectivity index (χ0) is 45.5. The van der Waals surface area contributed by atoms with Crippen molar-refractivity contribution in [1.29, 1.82) is 0 Å². The lowest BCUT2D eigenvalue weighted by Crippen LogP contribution is -2.39. The topological polar surface area (TPSA) is 232 Å². The number of carbonyl (C=O) groups excluding carboxylic acids is 1. The maximum absolute atomic E-state index is 14.6. The van der Waals surface area contributed by atoms with Crippen molar-refractivity contribution in [2.75, 3.05) is 60.3 Å². The highest BCUT2D eigenvalue weighted by Gasteiger charge is 2.48. The van der Waals surface area contributed by atoms with Crippen molar-refractivity contribution in [3.8, 4) is 23.5 Å². The standard InChI is InChI=1S/C23H22FN7O3.C22H22FN7O2.2CH4/c1-11-25-6-14(7-26-11)34-23-28-21-19(22(29-23)31-8-12-3-18(33)16(12)9-31)15-4-13(24)5-17(20(15)27-21)30(2)10-32;1-10-25-6-13(7-26-10)32-22-28-20-18(14-4-12(23)5-16(24-2)19(14)27-20)21(29-22)30-8-11-3-17(31)15(11)9-30;;/h4-7,10,12,16,18,33H,3,8-9H2,1-2H3,(H,27,28,29);4-7,11,15,17,24,31H,3,8-9H2,1-2H3,(H,27,28,29);2*1H4. The number of ether oxygens (including phenoxy) is 2. The molecule has 2 aromatic carbocycles. The first kappa shape index (κ1) is 45.8. The molecular weight excluding hydrogens is 879 g/mol. The van der Waals surface area contributed by atoms with Crippen LogP contribution in [-0.4, -0.2) is 119 Å². The predicted octanol–water partition coefficient (Wildman–Crippen LogP) is 6.82. The minimum absolute atomic E-state index is 0. The van der Waals surface area contributed by atoms with Crippen LogP contribution in [-0.2, 0) is 4.79 Å².